The topological polar surface area (TPSA) is 55.1 Å². The van der Waals surface area contributed by atoms with Gasteiger partial charge in [-0.2, -0.15) is 11.8 Å². The highest BCUT2D eigenvalue weighted by molar-refractivity contribution is 7.98. The highest BCUT2D eigenvalue weighted by Crippen LogP contribution is 2.23. The van der Waals surface area contributed by atoms with E-state index in [0.29, 0.717) is 0 Å². The van der Waals surface area contributed by atoms with Crippen LogP contribution in [0.25, 0.3) is 0 Å². The molecule has 15 heavy (non-hydrogen) atoms. The quantitative estimate of drug-likeness (QED) is 0.728. The van der Waals surface area contributed by atoms with E-state index in [-0.39, 0.29) is 30.3 Å². The van der Waals surface area contributed by atoms with E-state index in [9.17, 15) is 4.79 Å². The molecule has 1 rings (SSSR count). The van der Waals surface area contributed by atoms with Crippen molar-refractivity contribution in [3.05, 3.63) is 0 Å². The molecule has 90 valence electrons. The molecule has 2 atom stereocenters. The summed E-state index contributed by atoms with van der Waals surface area (Å²) < 4.78 is 0. The number of amides is 1. The third kappa shape index (κ3) is 5.64. The van der Waals surface area contributed by atoms with E-state index >= 15 is 0 Å². The van der Waals surface area contributed by atoms with Crippen LogP contribution in [0.5, 0.6) is 0 Å². The van der Waals surface area contributed by atoms with Crippen molar-refractivity contribution in [3.8, 4) is 0 Å². The van der Waals surface area contributed by atoms with E-state index in [1.165, 1.54) is 0 Å². The maximum atomic E-state index is 11.6. The van der Waals surface area contributed by atoms with E-state index in [4.69, 9.17) is 5.73 Å². The molecule has 3 N–H and O–H groups in total. The van der Waals surface area contributed by atoms with Crippen LogP contribution in [0.1, 0.15) is 25.7 Å². The molecular weight excluding hydrogens is 232 g/mol. The average Bonchev–Trinajstić information content (AvgIpc) is 2.59. The molecular formula is C10H21ClN2OS. The van der Waals surface area contributed by atoms with Gasteiger partial charge in [-0.25, -0.2) is 0 Å². The van der Waals surface area contributed by atoms with Crippen molar-refractivity contribution in [2.45, 2.75) is 31.7 Å². The minimum Gasteiger partial charge on any atom is -0.356 e. The molecule has 3 nitrogen and oxygen atoms in total. The second-order valence-corrected chi connectivity index (χ2v) is 4.89. The number of rotatable bonds is 5. The fraction of sp³-hybridized carbons (Fsp3) is 0.900. The van der Waals surface area contributed by atoms with Crippen molar-refractivity contribution in [2.24, 2.45) is 11.7 Å². The monoisotopic (exact) mass is 252 g/mol. The molecule has 0 spiro atoms. The number of carbonyl (C=O) groups excluding carboxylic acids is 1. The van der Waals surface area contributed by atoms with Gasteiger partial charge in [0.15, 0.2) is 0 Å². The van der Waals surface area contributed by atoms with Crippen LogP contribution in [0.2, 0.25) is 0 Å². The van der Waals surface area contributed by atoms with E-state index < -0.39 is 0 Å². The molecule has 0 heterocycles. The summed E-state index contributed by atoms with van der Waals surface area (Å²) >= 11 is 1.81. The molecule has 0 aliphatic heterocycles. The Bertz CT molecular complexity index is 192. The van der Waals surface area contributed by atoms with Gasteiger partial charge in [-0.15, -0.1) is 12.4 Å². The van der Waals surface area contributed by atoms with Crippen molar-refractivity contribution in [1.82, 2.24) is 5.32 Å². The third-order valence-electron chi connectivity index (χ3n) is 2.67. The molecule has 1 amide bonds. The molecule has 0 aromatic rings. The predicted octanol–water partition coefficient (Wildman–Crippen LogP) is 1.40. The second-order valence-electron chi connectivity index (χ2n) is 3.91. The van der Waals surface area contributed by atoms with E-state index in [0.717, 1.165) is 38.0 Å². The summed E-state index contributed by atoms with van der Waals surface area (Å²) in [6.45, 7) is 0.811. The van der Waals surface area contributed by atoms with Crippen molar-refractivity contribution < 1.29 is 4.79 Å². The lowest BCUT2D eigenvalue weighted by atomic mass is 10.1. The summed E-state index contributed by atoms with van der Waals surface area (Å²) in [7, 11) is 0. The first-order valence-corrected chi connectivity index (χ1v) is 6.65. The number of hydrogen-bond acceptors (Lipinski definition) is 3. The van der Waals surface area contributed by atoms with Crippen LogP contribution in [0.3, 0.4) is 0 Å². The smallest absolute Gasteiger partial charge is 0.223 e. The van der Waals surface area contributed by atoms with Gasteiger partial charge in [-0.05, 0) is 37.7 Å². The Hall–Kier alpha value is 0.0700. The largest absolute Gasteiger partial charge is 0.356 e. The van der Waals surface area contributed by atoms with Gasteiger partial charge in [0.05, 0.1) is 0 Å². The zero-order valence-electron chi connectivity index (χ0n) is 9.20. The zero-order chi connectivity index (χ0) is 10.4. The molecule has 1 saturated carbocycles. The van der Waals surface area contributed by atoms with Crippen molar-refractivity contribution in [2.75, 3.05) is 18.6 Å². The molecule has 2 unspecified atom stereocenters. The summed E-state index contributed by atoms with van der Waals surface area (Å²) in [5.74, 6) is 1.50. The highest BCUT2D eigenvalue weighted by atomic mass is 35.5. The first kappa shape index (κ1) is 15.1. The van der Waals surface area contributed by atoms with Gasteiger partial charge in [0.25, 0.3) is 0 Å². The maximum absolute atomic E-state index is 11.6. The molecule has 0 aromatic carbocycles. The molecule has 0 aromatic heterocycles. The van der Waals surface area contributed by atoms with Crippen LogP contribution in [-0.2, 0) is 4.79 Å². The molecule has 0 radical (unpaired) electrons. The van der Waals surface area contributed by atoms with Gasteiger partial charge in [-0.3, -0.25) is 4.79 Å². The zero-order valence-corrected chi connectivity index (χ0v) is 10.8. The van der Waals surface area contributed by atoms with Gasteiger partial charge >= 0.3 is 0 Å². The number of hydrogen-bond donors (Lipinski definition) is 2. The number of carbonyl (C=O) groups is 1. The van der Waals surface area contributed by atoms with Gasteiger partial charge in [-0.1, -0.05) is 0 Å². The molecule has 1 aliphatic rings. The lowest BCUT2D eigenvalue weighted by Crippen LogP contribution is -2.31. The maximum Gasteiger partial charge on any atom is 0.223 e. The minimum absolute atomic E-state index is 0. The number of halogens is 1. The average molecular weight is 253 g/mol. The Morgan fingerprint density at radius 1 is 1.53 bits per heavy atom. The second kappa shape index (κ2) is 8.25. The summed E-state index contributed by atoms with van der Waals surface area (Å²) in [5, 5.41) is 2.97. The standard InChI is InChI=1S/C10H20N2OS.ClH/c1-14-6-2-5-12-10(13)8-3-4-9(11)7-8;/h8-9H,2-7,11H2,1H3,(H,12,13);1H. The first-order chi connectivity index (χ1) is 6.74. The van der Waals surface area contributed by atoms with Crippen molar-refractivity contribution >= 4 is 30.1 Å². The summed E-state index contributed by atoms with van der Waals surface area (Å²) in [6.07, 6.45) is 5.98. The molecule has 0 bridgehead atoms. The van der Waals surface area contributed by atoms with Gasteiger partial charge < -0.3 is 11.1 Å². The summed E-state index contributed by atoms with van der Waals surface area (Å²) in [4.78, 5) is 11.6. The number of nitrogens with one attached hydrogen (secondary N) is 1. The Balaban J connectivity index is 0.00000196. The van der Waals surface area contributed by atoms with Gasteiger partial charge in [0.1, 0.15) is 0 Å². The lowest BCUT2D eigenvalue weighted by molar-refractivity contribution is -0.124. The number of nitrogens with two attached hydrogens (primary N) is 1. The van der Waals surface area contributed by atoms with E-state index in [2.05, 4.69) is 11.6 Å². The summed E-state index contributed by atoms with van der Waals surface area (Å²) in [6, 6.07) is 0.247. The molecule has 1 aliphatic carbocycles. The Morgan fingerprint density at radius 2 is 2.27 bits per heavy atom. The van der Waals surface area contributed by atoms with Crippen LogP contribution < -0.4 is 11.1 Å². The highest BCUT2D eigenvalue weighted by Gasteiger charge is 2.27. The van der Waals surface area contributed by atoms with Gasteiger partial charge in [0, 0.05) is 18.5 Å². The SMILES string of the molecule is CSCCCNC(=O)C1CCC(N)C1.Cl. The molecule has 5 heteroatoms. The van der Waals surface area contributed by atoms with Crippen LogP contribution in [0, 0.1) is 5.92 Å². The van der Waals surface area contributed by atoms with Crippen LogP contribution in [-0.4, -0.2) is 30.5 Å². The van der Waals surface area contributed by atoms with Crippen LogP contribution in [0.15, 0.2) is 0 Å². The lowest BCUT2D eigenvalue weighted by Gasteiger charge is -2.10. The summed E-state index contributed by atoms with van der Waals surface area (Å²) in [5.41, 5.74) is 5.76. The Kier molecular flexibility index (Phi) is 8.29. The third-order valence-corrected chi connectivity index (χ3v) is 3.37. The van der Waals surface area contributed by atoms with Crippen LogP contribution >= 0.6 is 24.2 Å². The molecule has 1 fully saturated rings. The number of thioether (sulfide) groups is 1. The normalized spacial score (nSPS) is 24.7. The minimum atomic E-state index is 0. The van der Waals surface area contributed by atoms with E-state index in [1.54, 1.807) is 0 Å². The fourth-order valence-electron chi connectivity index (χ4n) is 1.83. The fourth-order valence-corrected chi connectivity index (χ4v) is 2.26. The van der Waals surface area contributed by atoms with Crippen molar-refractivity contribution in [3.63, 3.8) is 0 Å². The van der Waals surface area contributed by atoms with E-state index in [1.807, 2.05) is 11.8 Å². The Labute approximate surface area is 102 Å². The van der Waals surface area contributed by atoms with Gasteiger partial charge in [0.2, 0.25) is 5.91 Å². The van der Waals surface area contributed by atoms with Crippen LogP contribution in [0.4, 0.5) is 0 Å². The molecule has 0 saturated heterocycles. The Morgan fingerprint density at radius 3 is 2.80 bits per heavy atom. The predicted molar refractivity (Wildman–Crippen MR) is 68.6 cm³/mol. The first-order valence-electron chi connectivity index (χ1n) is 5.26. The van der Waals surface area contributed by atoms with Crippen molar-refractivity contribution in [1.29, 1.82) is 0 Å².